The number of benzene rings is 1. The minimum absolute atomic E-state index is 0.167. The van der Waals surface area contributed by atoms with Gasteiger partial charge in [-0.2, -0.15) is 0 Å². The lowest BCUT2D eigenvalue weighted by Crippen LogP contribution is -3.19. The highest BCUT2D eigenvalue weighted by Gasteiger charge is 2.30. The van der Waals surface area contributed by atoms with Crippen LogP contribution in [-0.4, -0.2) is 48.1 Å². The Hall–Kier alpha value is -2.54. The first-order valence-electron chi connectivity index (χ1n) is 8.07. The molecule has 0 bridgehead atoms. The number of hydrogen-bond acceptors (Lipinski definition) is 4. The number of carbonyl (C=O) groups is 1. The number of para-hydroxylation sites is 1. The minimum atomic E-state index is -0.418. The van der Waals surface area contributed by atoms with Gasteiger partial charge in [-0.1, -0.05) is 12.1 Å². The molecule has 2 heterocycles. The van der Waals surface area contributed by atoms with E-state index in [2.05, 4.69) is 20.2 Å². The fourth-order valence-corrected chi connectivity index (χ4v) is 2.87. The van der Waals surface area contributed by atoms with Crippen LogP contribution in [0.1, 0.15) is 6.92 Å². The molecule has 1 aliphatic heterocycles. The second-order valence-corrected chi connectivity index (χ2v) is 5.88. The van der Waals surface area contributed by atoms with Gasteiger partial charge in [-0.05, 0) is 25.1 Å². The van der Waals surface area contributed by atoms with Crippen molar-refractivity contribution in [1.29, 1.82) is 0 Å². The van der Waals surface area contributed by atoms with E-state index in [4.69, 9.17) is 0 Å². The van der Waals surface area contributed by atoms with Gasteiger partial charge in [0.05, 0.1) is 31.9 Å². The first-order valence-corrected chi connectivity index (χ1v) is 8.07. The van der Waals surface area contributed by atoms with Gasteiger partial charge < -0.3 is 15.1 Å². The van der Waals surface area contributed by atoms with Crippen LogP contribution in [0.25, 0.3) is 0 Å². The molecule has 1 aromatic heterocycles. The molecule has 24 heavy (non-hydrogen) atoms. The van der Waals surface area contributed by atoms with Crippen molar-refractivity contribution in [2.24, 2.45) is 0 Å². The van der Waals surface area contributed by atoms with Gasteiger partial charge in [0.2, 0.25) is 5.95 Å². The largest absolute Gasteiger partial charge is 0.330 e. The summed E-state index contributed by atoms with van der Waals surface area (Å²) in [5, 5.41) is 2.68. The Balaban J connectivity index is 1.56. The van der Waals surface area contributed by atoms with E-state index < -0.39 is 5.82 Å². The predicted molar refractivity (Wildman–Crippen MR) is 89.4 cm³/mol. The van der Waals surface area contributed by atoms with E-state index in [1.165, 1.54) is 11.0 Å². The molecule has 7 heteroatoms. The number of carbonyl (C=O) groups excluding carboxylic acids is 1. The summed E-state index contributed by atoms with van der Waals surface area (Å²) in [4.78, 5) is 24.2. The zero-order valence-electron chi connectivity index (χ0n) is 13.6. The summed E-state index contributed by atoms with van der Waals surface area (Å²) >= 11 is 0. The van der Waals surface area contributed by atoms with Gasteiger partial charge in [-0.3, -0.25) is 4.79 Å². The average molecular weight is 330 g/mol. The number of hydrogen-bond donors (Lipinski definition) is 2. The normalized spacial score (nSPS) is 16.7. The number of anilines is 2. The van der Waals surface area contributed by atoms with Crippen LogP contribution < -0.4 is 15.1 Å². The van der Waals surface area contributed by atoms with Crippen LogP contribution in [0.15, 0.2) is 42.7 Å². The van der Waals surface area contributed by atoms with Crippen LogP contribution in [0.2, 0.25) is 0 Å². The molecule has 1 aromatic carbocycles. The van der Waals surface area contributed by atoms with Crippen LogP contribution in [0, 0.1) is 5.82 Å². The second kappa shape index (κ2) is 7.35. The minimum Gasteiger partial charge on any atom is -0.330 e. The Morgan fingerprint density at radius 1 is 1.21 bits per heavy atom. The maximum absolute atomic E-state index is 13.7. The van der Waals surface area contributed by atoms with Gasteiger partial charge in [0.1, 0.15) is 5.82 Å². The molecule has 1 aliphatic rings. The number of halogens is 1. The lowest BCUT2D eigenvalue weighted by Gasteiger charge is -2.34. The van der Waals surface area contributed by atoms with Crippen molar-refractivity contribution in [1.82, 2.24) is 9.97 Å². The summed E-state index contributed by atoms with van der Waals surface area (Å²) in [6.45, 7) is 5.07. The third-order valence-corrected chi connectivity index (χ3v) is 4.38. The maximum atomic E-state index is 13.7. The number of aromatic nitrogens is 2. The Kier molecular flexibility index (Phi) is 5.00. The number of quaternary nitrogens is 1. The molecule has 1 atom stereocenters. The van der Waals surface area contributed by atoms with E-state index in [9.17, 15) is 9.18 Å². The summed E-state index contributed by atoms with van der Waals surface area (Å²) < 4.78 is 13.7. The molecule has 2 N–H and O–H groups in total. The molecule has 2 aromatic rings. The second-order valence-electron chi connectivity index (χ2n) is 5.88. The monoisotopic (exact) mass is 330 g/mol. The number of nitrogens with one attached hydrogen (secondary N) is 2. The Morgan fingerprint density at radius 3 is 2.54 bits per heavy atom. The number of piperazine rings is 1. The predicted octanol–water partition coefficient (Wildman–Crippen LogP) is 0.348. The fraction of sp³-hybridized carbons (Fsp3) is 0.353. The molecule has 0 spiro atoms. The van der Waals surface area contributed by atoms with E-state index in [1.807, 2.05) is 6.92 Å². The molecule has 0 radical (unpaired) electrons. The molecular weight excluding hydrogens is 309 g/mol. The molecule has 1 saturated heterocycles. The fourth-order valence-electron chi connectivity index (χ4n) is 2.87. The van der Waals surface area contributed by atoms with Crippen LogP contribution in [0.4, 0.5) is 16.0 Å². The third-order valence-electron chi connectivity index (χ3n) is 4.38. The highest BCUT2D eigenvalue weighted by Crippen LogP contribution is 2.12. The molecule has 1 fully saturated rings. The van der Waals surface area contributed by atoms with Crippen molar-refractivity contribution in [3.05, 3.63) is 48.5 Å². The highest BCUT2D eigenvalue weighted by molar-refractivity contribution is 5.93. The smallest absolute Gasteiger partial charge is 0.282 e. The average Bonchev–Trinajstić information content (AvgIpc) is 2.64. The SMILES string of the molecule is C[C@@H](C(=O)Nc1ccccc1F)[NH+]1CCN(c2ncccn2)CC1. The molecule has 6 nitrogen and oxygen atoms in total. The lowest BCUT2D eigenvalue weighted by atomic mass is 10.2. The van der Waals surface area contributed by atoms with Crippen LogP contribution >= 0.6 is 0 Å². The van der Waals surface area contributed by atoms with E-state index >= 15 is 0 Å². The van der Waals surface area contributed by atoms with E-state index in [0.717, 1.165) is 32.1 Å². The van der Waals surface area contributed by atoms with Gasteiger partial charge in [0.25, 0.3) is 5.91 Å². The van der Waals surface area contributed by atoms with Crippen molar-refractivity contribution >= 4 is 17.5 Å². The third kappa shape index (κ3) is 3.68. The number of nitrogens with zero attached hydrogens (tertiary/aromatic N) is 3. The van der Waals surface area contributed by atoms with E-state index in [1.54, 1.807) is 36.7 Å². The summed E-state index contributed by atoms with van der Waals surface area (Å²) in [6.07, 6.45) is 3.46. The summed E-state index contributed by atoms with van der Waals surface area (Å²) in [6, 6.07) is 7.76. The summed E-state index contributed by atoms with van der Waals surface area (Å²) in [7, 11) is 0. The number of rotatable bonds is 4. The Labute approximate surface area is 140 Å². The van der Waals surface area contributed by atoms with Crippen molar-refractivity contribution in [3.63, 3.8) is 0 Å². The molecule has 1 amide bonds. The first kappa shape index (κ1) is 16.3. The lowest BCUT2D eigenvalue weighted by molar-refractivity contribution is -0.914. The highest BCUT2D eigenvalue weighted by atomic mass is 19.1. The van der Waals surface area contributed by atoms with Crippen molar-refractivity contribution in [3.8, 4) is 0 Å². The van der Waals surface area contributed by atoms with Crippen LogP contribution in [-0.2, 0) is 4.79 Å². The van der Waals surface area contributed by atoms with Gasteiger partial charge in [0.15, 0.2) is 6.04 Å². The first-order chi connectivity index (χ1) is 11.6. The van der Waals surface area contributed by atoms with Gasteiger partial charge in [0, 0.05) is 12.4 Å². The molecular formula is C17H21FN5O+. The molecule has 3 rings (SSSR count). The molecule has 0 aliphatic carbocycles. The summed E-state index contributed by atoms with van der Waals surface area (Å²) in [5.74, 6) is 0.138. The molecule has 0 unspecified atom stereocenters. The quantitative estimate of drug-likeness (QED) is 0.849. The standard InChI is InChI=1S/C17H20FN5O/c1-13(16(24)21-15-6-3-2-5-14(15)18)22-9-11-23(12-10-22)17-19-7-4-8-20-17/h2-8,13H,9-12H2,1H3,(H,21,24)/p+1/t13-/m0/s1. The van der Waals surface area contributed by atoms with Gasteiger partial charge in [-0.15, -0.1) is 0 Å². The van der Waals surface area contributed by atoms with Crippen LogP contribution in [0.5, 0.6) is 0 Å². The van der Waals surface area contributed by atoms with Crippen molar-refractivity contribution in [2.45, 2.75) is 13.0 Å². The Bertz CT molecular complexity index is 688. The zero-order chi connectivity index (χ0) is 16.9. The number of amides is 1. The van der Waals surface area contributed by atoms with E-state index in [-0.39, 0.29) is 17.6 Å². The topological polar surface area (TPSA) is 62.6 Å². The van der Waals surface area contributed by atoms with Gasteiger partial charge in [-0.25, -0.2) is 14.4 Å². The maximum Gasteiger partial charge on any atom is 0.282 e. The van der Waals surface area contributed by atoms with Gasteiger partial charge >= 0.3 is 0 Å². The Morgan fingerprint density at radius 2 is 1.88 bits per heavy atom. The zero-order valence-corrected chi connectivity index (χ0v) is 13.6. The van der Waals surface area contributed by atoms with Crippen LogP contribution in [0.3, 0.4) is 0 Å². The van der Waals surface area contributed by atoms with E-state index in [0.29, 0.717) is 0 Å². The van der Waals surface area contributed by atoms with Crippen molar-refractivity contribution < 1.29 is 14.1 Å². The molecule has 0 saturated carbocycles. The van der Waals surface area contributed by atoms with Crippen molar-refractivity contribution in [2.75, 3.05) is 36.4 Å². The summed E-state index contributed by atoms with van der Waals surface area (Å²) in [5.41, 5.74) is 0.227. The molecule has 126 valence electrons.